The molecule has 0 aliphatic carbocycles. The van der Waals surface area contributed by atoms with Crippen LogP contribution in [0.15, 0.2) is 60.7 Å². The van der Waals surface area contributed by atoms with Crippen molar-refractivity contribution in [1.29, 1.82) is 0 Å². The summed E-state index contributed by atoms with van der Waals surface area (Å²) < 4.78 is 55.7. The van der Waals surface area contributed by atoms with Crippen molar-refractivity contribution >= 4 is 6.29 Å². The Hall–Kier alpha value is -3.23. The van der Waals surface area contributed by atoms with Gasteiger partial charge >= 0.3 is 6.18 Å². The number of carbonyl (C=O) groups excluding carboxylic acids is 1. The van der Waals surface area contributed by atoms with E-state index in [0.29, 0.717) is 18.6 Å². The van der Waals surface area contributed by atoms with Crippen molar-refractivity contribution in [2.45, 2.75) is 31.9 Å². The summed E-state index contributed by atoms with van der Waals surface area (Å²) in [6.07, 6.45) is -4.45. The SMILES string of the molecule is CC1(C)OCC(c2cccc(-c3ccc(Oc4ccc(C(F)(F)F)cc4C=O)cc3)n2)O1. The van der Waals surface area contributed by atoms with Crippen molar-refractivity contribution in [2.75, 3.05) is 6.61 Å². The summed E-state index contributed by atoms with van der Waals surface area (Å²) in [4.78, 5) is 15.9. The van der Waals surface area contributed by atoms with E-state index in [1.165, 1.54) is 0 Å². The fourth-order valence-electron chi connectivity index (χ4n) is 3.35. The number of aldehydes is 1. The lowest BCUT2D eigenvalue weighted by molar-refractivity contribution is -0.139. The van der Waals surface area contributed by atoms with Crippen LogP contribution in [0, 0.1) is 0 Å². The van der Waals surface area contributed by atoms with E-state index < -0.39 is 17.5 Å². The van der Waals surface area contributed by atoms with Gasteiger partial charge in [0.1, 0.15) is 17.6 Å². The van der Waals surface area contributed by atoms with Gasteiger partial charge in [0.15, 0.2) is 12.1 Å². The quantitative estimate of drug-likeness (QED) is 0.440. The van der Waals surface area contributed by atoms with Gasteiger partial charge in [0.2, 0.25) is 0 Å². The van der Waals surface area contributed by atoms with E-state index in [9.17, 15) is 18.0 Å². The first kappa shape index (κ1) is 22.0. The van der Waals surface area contributed by atoms with Gasteiger partial charge in [-0.3, -0.25) is 4.79 Å². The van der Waals surface area contributed by atoms with Crippen molar-refractivity contribution in [3.8, 4) is 22.8 Å². The standard InChI is InChI=1S/C24H20F3NO4/c1-23(2)30-14-22(32-23)20-5-3-4-19(28-20)15-6-9-18(10-7-15)31-21-11-8-17(24(25,26)27)12-16(21)13-29/h3-13,22H,14H2,1-2H3. The van der Waals surface area contributed by atoms with E-state index in [-0.39, 0.29) is 17.4 Å². The van der Waals surface area contributed by atoms with Gasteiger partial charge in [0, 0.05) is 5.56 Å². The van der Waals surface area contributed by atoms with Crippen LogP contribution < -0.4 is 4.74 Å². The number of aromatic nitrogens is 1. The van der Waals surface area contributed by atoms with E-state index in [4.69, 9.17) is 14.2 Å². The minimum atomic E-state index is -4.54. The first-order chi connectivity index (χ1) is 15.1. The van der Waals surface area contributed by atoms with E-state index in [2.05, 4.69) is 4.98 Å². The fraction of sp³-hybridized carbons (Fsp3) is 0.250. The first-order valence-electron chi connectivity index (χ1n) is 9.88. The van der Waals surface area contributed by atoms with Gasteiger partial charge in [-0.15, -0.1) is 0 Å². The molecule has 166 valence electrons. The lowest BCUT2D eigenvalue weighted by Gasteiger charge is -2.17. The van der Waals surface area contributed by atoms with Gasteiger partial charge in [-0.1, -0.05) is 6.07 Å². The number of nitrogens with zero attached hydrogens (tertiary/aromatic N) is 1. The molecule has 2 heterocycles. The monoisotopic (exact) mass is 443 g/mol. The number of hydrogen-bond donors (Lipinski definition) is 0. The van der Waals surface area contributed by atoms with Crippen LogP contribution in [0.2, 0.25) is 0 Å². The summed E-state index contributed by atoms with van der Waals surface area (Å²) in [5.74, 6) is -0.232. The maximum Gasteiger partial charge on any atom is 0.416 e. The highest BCUT2D eigenvalue weighted by atomic mass is 19.4. The van der Waals surface area contributed by atoms with Crippen molar-refractivity contribution < 1.29 is 32.2 Å². The zero-order valence-corrected chi connectivity index (χ0v) is 17.3. The van der Waals surface area contributed by atoms with Crippen molar-refractivity contribution in [2.24, 2.45) is 0 Å². The van der Waals surface area contributed by atoms with Crippen molar-refractivity contribution in [3.63, 3.8) is 0 Å². The number of carbonyl (C=O) groups is 1. The summed E-state index contributed by atoms with van der Waals surface area (Å²) in [7, 11) is 0. The molecule has 0 saturated carbocycles. The highest BCUT2D eigenvalue weighted by Gasteiger charge is 2.34. The molecule has 0 amide bonds. The van der Waals surface area contributed by atoms with Crippen LogP contribution in [0.3, 0.4) is 0 Å². The predicted molar refractivity (Wildman–Crippen MR) is 110 cm³/mol. The predicted octanol–water partition coefficient (Wildman–Crippen LogP) is 6.20. The Morgan fingerprint density at radius 1 is 1.09 bits per heavy atom. The van der Waals surface area contributed by atoms with E-state index in [1.807, 2.05) is 32.0 Å². The Bertz CT molecular complexity index is 1130. The van der Waals surface area contributed by atoms with Crippen LogP contribution in [0.25, 0.3) is 11.3 Å². The molecule has 0 spiro atoms. The second-order valence-corrected chi connectivity index (χ2v) is 7.76. The van der Waals surface area contributed by atoms with Crippen LogP contribution in [0.5, 0.6) is 11.5 Å². The Labute approximate surface area is 182 Å². The topological polar surface area (TPSA) is 57.7 Å². The van der Waals surface area contributed by atoms with Gasteiger partial charge in [-0.2, -0.15) is 13.2 Å². The molecule has 1 aromatic heterocycles. The van der Waals surface area contributed by atoms with Gasteiger partial charge < -0.3 is 14.2 Å². The maximum atomic E-state index is 12.9. The molecule has 1 aliphatic heterocycles. The van der Waals surface area contributed by atoms with Gasteiger partial charge in [0.05, 0.1) is 29.1 Å². The third kappa shape index (κ3) is 4.81. The lowest BCUT2D eigenvalue weighted by atomic mass is 10.1. The average molecular weight is 443 g/mol. The number of hydrogen-bond acceptors (Lipinski definition) is 5. The molecule has 4 rings (SSSR count). The highest BCUT2D eigenvalue weighted by molar-refractivity contribution is 5.80. The molecule has 1 atom stereocenters. The molecule has 8 heteroatoms. The number of rotatable bonds is 5. The van der Waals surface area contributed by atoms with E-state index in [1.54, 1.807) is 24.3 Å². The molecule has 1 saturated heterocycles. The largest absolute Gasteiger partial charge is 0.457 e. The van der Waals surface area contributed by atoms with E-state index >= 15 is 0 Å². The summed E-state index contributed by atoms with van der Waals surface area (Å²) >= 11 is 0. The second-order valence-electron chi connectivity index (χ2n) is 7.76. The normalized spacial score (nSPS) is 17.8. The van der Waals surface area contributed by atoms with E-state index in [0.717, 1.165) is 35.2 Å². The first-order valence-corrected chi connectivity index (χ1v) is 9.88. The molecule has 0 bridgehead atoms. The lowest BCUT2D eigenvalue weighted by Crippen LogP contribution is -2.19. The summed E-state index contributed by atoms with van der Waals surface area (Å²) in [6, 6.07) is 15.3. The minimum absolute atomic E-state index is 0.0434. The zero-order chi connectivity index (χ0) is 22.9. The molecule has 32 heavy (non-hydrogen) atoms. The Kier molecular flexibility index (Phi) is 5.75. The molecule has 2 aromatic carbocycles. The minimum Gasteiger partial charge on any atom is -0.457 e. The molecule has 1 fully saturated rings. The molecular formula is C24H20F3NO4. The van der Waals surface area contributed by atoms with Crippen molar-refractivity contribution in [3.05, 3.63) is 77.5 Å². The van der Waals surface area contributed by atoms with Crippen LogP contribution in [-0.2, 0) is 15.7 Å². The number of alkyl halides is 3. The third-order valence-corrected chi connectivity index (χ3v) is 4.95. The molecule has 0 N–H and O–H groups in total. The number of benzene rings is 2. The summed E-state index contributed by atoms with van der Waals surface area (Å²) in [5, 5.41) is 0. The molecule has 0 radical (unpaired) electrons. The zero-order valence-electron chi connectivity index (χ0n) is 17.3. The smallest absolute Gasteiger partial charge is 0.416 e. The molecule has 1 unspecified atom stereocenters. The summed E-state index contributed by atoms with van der Waals surface area (Å²) in [6.45, 7) is 4.12. The molecule has 1 aliphatic rings. The Morgan fingerprint density at radius 2 is 1.84 bits per heavy atom. The highest BCUT2D eigenvalue weighted by Crippen LogP contribution is 2.35. The molecular weight excluding hydrogens is 423 g/mol. The Balaban J connectivity index is 1.52. The fourth-order valence-corrected chi connectivity index (χ4v) is 3.35. The number of pyridine rings is 1. The van der Waals surface area contributed by atoms with Crippen LogP contribution >= 0.6 is 0 Å². The van der Waals surface area contributed by atoms with Crippen LogP contribution in [0.4, 0.5) is 13.2 Å². The van der Waals surface area contributed by atoms with Crippen molar-refractivity contribution in [1.82, 2.24) is 4.98 Å². The van der Waals surface area contributed by atoms with Crippen LogP contribution in [0.1, 0.15) is 41.6 Å². The number of ether oxygens (including phenoxy) is 3. The number of halogens is 3. The molecule has 5 nitrogen and oxygen atoms in total. The van der Waals surface area contributed by atoms with Crippen LogP contribution in [-0.4, -0.2) is 23.7 Å². The Morgan fingerprint density at radius 3 is 2.47 bits per heavy atom. The van der Waals surface area contributed by atoms with Gasteiger partial charge in [-0.05, 0) is 68.4 Å². The average Bonchev–Trinajstić information content (AvgIpc) is 3.13. The van der Waals surface area contributed by atoms with Gasteiger partial charge in [0.25, 0.3) is 0 Å². The molecule has 3 aromatic rings. The third-order valence-electron chi connectivity index (χ3n) is 4.95. The maximum absolute atomic E-state index is 12.9. The van der Waals surface area contributed by atoms with Gasteiger partial charge in [-0.25, -0.2) is 4.98 Å². The summed E-state index contributed by atoms with van der Waals surface area (Å²) in [5.41, 5.74) is 1.22. The second kappa shape index (κ2) is 8.37.